The summed E-state index contributed by atoms with van der Waals surface area (Å²) in [5.74, 6) is 0.373. The van der Waals surface area contributed by atoms with Gasteiger partial charge in [-0.25, -0.2) is 0 Å². The second-order valence-corrected chi connectivity index (χ2v) is 3.63. The van der Waals surface area contributed by atoms with Crippen molar-refractivity contribution in [2.24, 2.45) is 0 Å². The fourth-order valence-electron chi connectivity index (χ4n) is 1.25. The predicted octanol–water partition coefficient (Wildman–Crippen LogP) is 1.18. The molecule has 16 heavy (non-hydrogen) atoms. The summed E-state index contributed by atoms with van der Waals surface area (Å²) in [7, 11) is 3.40. The van der Waals surface area contributed by atoms with Gasteiger partial charge in [0.15, 0.2) is 6.61 Å². The van der Waals surface area contributed by atoms with Crippen molar-refractivity contribution in [1.82, 2.24) is 10.6 Å². The molecule has 1 amide bonds. The van der Waals surface area contributed by atoms with Crippen molar-refractivity contribution in [3.8, 4) is 5.75 Å². The number of likely N-dealkylation sites (N-methyl/N-ethyl adjacent to an activating group) is 1. The van der Waals surface area contributed by atoms with E-state index in [9.17, 15) is 4.79 Å². The fourth-order valence-corrected chi connectivity index (χ4v) is 1.50. The van der Waals surface area contributed by atoms with E-state index < -0.39 is 0 Å². The summed E-state index contributed by atoms with van der Waals surface area (Å²) >= 11 is 6.01. The van der Waals surface area contributed by atoms with Crippen molar-refractivity contribution in [2.45, 2.75) is 6.54 Å². The molecule has 0 heterocycles. The Morgan fingerprint density at radius 3 is 2.81 bits per heavy atom. The Morgan fingerprint density at radius 2 is 2.19 bits per heavy atom. The van der Waals surface area contributed by atoms with Gasteiger partial charge < -0.3 is 15.4 Å². The van der Waals surface area contributed by atoms with Crippen LogP contribution in [0, 0.1) is 0 Å². The average Bonchev–Trinajstić information content (AvgIpc) is 2.28. The molecule has 2 N–H and O–H groups in total. The maximum atomic E-state index is 11.1. The molecule has 0 saturated heterocycles. The summed E-state index contributed by atoms with van der Waals surface area (Å²) in [6.45, 7) is 0.612. The molecule has 0 unspecified atom stereocenters. The number of carbonyl (C=O) groups is 1. The van der Waals surface area contributed by atoms with Crippen LogP contribution < -0.4 is 15.4 Å². The Morgan fingerprint density at radius 1 is 1.44 bits per heavy atom. The van der Waals surface area contributed by atoms with E-state index in [1.165, 1.54) is 0 Å². The summed E-state index contributed by atoms with van der Waals surface area (Å²) in [5.41, 5.74) is 0.930. The molecule has 0 aliphatic rings. The quantitative estimate of drug-likeness (QED) is 0.816. The Labute approximate surface area is 99.9 Å². The Bertz CT molecular complexity index is 369. The van der Waals surface area contributed by atoms with Gasteiger partial charge in [-0.15, -0.1) is 0 Å². The molecule has 0 saturated carbocycles. The van der Waals surface area contributed by atoms with Gasteiger partial charge >= 0.3 is 0 Å². The van der Waals surface area contributed by atoms with Gasteiger partial charge in [0.2, 0.25) is 0 Å². The van der Waals surface area contributed by atoms with E-state index in [-0.39, 0.29) is 12.5 Å². The lowest BCUT2D eigenvalue weighted by Crippen LogP contribution is -2.25. The van der Waals surface area contributed by atoms with Crippen LogP contribution in [-0.4, -0.2) is 26.6 Å². The van der Waals surface area contributed by atoms with Gasteiger partial charge in [-0.05, 0) is 13.1 Å². The van der Waals surface area contributed by atoms with Gasteiger partial charge in [-0.3, -0.25) is 4.79 Å². The SMILES string of the molecule is CNCc1cccc(Cl)c1OCC(=O)NC. The van der Waals surface area contributed by atoms with Crippen molar-refractivity contribution in [2.75, 3.05) is 20.7 Å². The van der Waals surface area contributed by atoms with Gasteiger partial charge in [0, 0.05) is 19.2 Å². The Balaban J connectivity index is 2.79. The van der Waals surface area contributed by atoms with E-state index in [4.69, 9.17) is 16.3 Å². The highest BCUT2D eigenvalue weighted by atomic mass is 35.5. The average molecular weight is 243 g/mol. The molecule has 0 fully saturated rings. The second kappa shape index (κ2) is 6.35. The molecule has 88 valence electrons. The largest absolute Gasteiger partial charge is 0.482 e. The van der Waals surface area contributed by atoms with E-state index in [0.29, 0.717) is 17.3 Å². The Kier molecular flexibility index (Phi) is 5.08. The molecule has 1 rings (SSSR count). The van der Waals surface area contributed by atoms with Gasteiger partial charge in [0.25, 0.3) is 5.91 Å². The van der Waals surface area contributed by atoms with Crippen LogP contribution in [0.3, 0.4) is 0 Å². The zero-order chi connectivity index (χ0) is 12.0. The first-order chi connectivity index (χ1) is 7.69. The zero-order valence-electron chi connectivity index (χ0n) is 9.34. The molecule has 0 aliphatic heterocycles. The fraction of sp³-hybridized carbons (Fsp3) is 0.364. The van der Waals surface area contributed by atoms with Crippen molar-refractivity contribution in [3.63, 3.8) is 0 Å². The van der Waals surface area contributed by atoms with Gasteiger partial charge in [-0.2, -0.15) is 0 Å². The molecule has 0 aliphatic carbocycles. The maximum absolute atomic E-state index is 11.1. The molecule has 0 aromatic heterocycles. The molecule has 0 spiro atoms. The maximum Gasteiger partial charge on any atom is 0.257 e. The Hall–Kier alpha value is -1.26. The first-order valence-electron chi connectivity index (χ1n) is 4.94. The minimum absolute atomic E-state index is 0.0308. The monoisotopic (exact) mass is 242 g/mol. The van der Waals surface area contributed by atoms with Crippen LogP contribution >= 0.6 is 11.6 Å². The molecular formula is C11H15ClN2O2. The number of carbonyl (C=O) groups excluding carboxylic acids is 1. The van der Waals surface area contributed by atoms with Crippen molar-refractivity contribution < 1.29 is 9.53 Å². The van der Waals surface area contributed by atoms with Crippen molar-refractivity contribution in [3.05, 3.63) is 28.8 Å². The second-order valence-electron chi connectivity index (χ2n) is 3.22. The molecule has 0 bridgehead atoms. The number of halogens is 1. The van der Waals surface area contributed by atoms with E-state index >= 15 is 0 Å². The van der Waals surface area contributed by atoms with Crippen LogP contribution in [0.15, 0.2) is 18.2 Å². The first-order valence-corrected chi connectivity index (χ1v) is 5.32. The standard InChI is InChI=1S/C11H15ClN2O2/c1-13-6-8-4-3-5-9(12)11(8)16-7-10(15)14-2/h3-5,13H,6-7H2,1-2H3,(H,14,15). The van der Waals surface area contributed by atoms with Crippen molar-refractivity contribution in [1.29, 1.82) is 0 Å². The lowest BCUT2D eigenvalue weighted by atomic mass is 10.2. The minimum Gasteiger partial charge on any atom is -0.482 e. The highest BCUT2D eigenvalue weighted by molar-refractivity contribution is 6.32. The molecule has 1 aromatic carbocycles. The highest BCUT2D eigenvalue weighted by Gasteiger charge is 2.09. The third-order valence-corrected chi connectivity index (χ3v) is 2.34. The normalized spacial score (nSPS) is 9.94. The van der Waals surface area contributed by atoms with Gasteiger partial charge in [0.1, 0.15) is 5.75 Å². The number of nitrogens with one attached hydrogen (secondary N) is 2. The summed E-state index contributed by atoms with van der Waals surface area (Å²) in [6, 6.07) is 5.49. The zero-order valence-corrected chi connectivity index (χ0v) is 10.1. The number of benzene rings is 1. The molecular weight excluding hydrogens is 228 g/mol. The van der Waals surface area contributed by atoms with Crippen LogP contribution in [0.25, 0.3) is 0 Å². The summed E-state index contributed by atoms with van der Waals surface area (Å²) in [6.07, 6.45) is 0. The van der Waals surface area contributed by atoms with Gasteiger partial charge in [0.05, 0.1) is 5.02 Å². The van der Waals surface area contributed by atoms with Crippen LogP contribution in [0.1, 0.15) is 5.56 Å². The third-order valence-electron chi connectivity index (χ3n) is 2.04. The number of rotatable bonds is 5. The van der Waals surface area contributed by atoms with Crippen LogP contribution in [0.4, 0.5) is 0 Å². The predicted molar refractivity (Wildman–Crippen MR) is 63.8 cm³/mol. The van der Waals surface area contributed by atoms with Gasteiger partial charge in [-0.1, -0.05) is 23.7 Å². The molecule has 0 atom stereocenters. The van der Waals surface area contributed by atoms with Crippen LogP contribution in [-0.2, 0) is 11.3 Å². The summed E-state index contributed by atoms with van der Waals surface area (Å²) in [4.78, 5) is 11.1. The van der Waals surface area contributed by atoms with Crippen LogP contribution in [0.2, 0.25) is 5.02 Å². The lowest BCUT2D eigenvalue weighted by molar-refractivity contribution is -0.122. The lowest BCUT2D eigenvalue weighted by Gasteiger charge is -2.12. The van der Waals surface area contributed by atoms with E-state index in [1.54, 1.807) is 13.1 Å². The highest BCUT2D eigenvalue weighted by Crippen LogP contribution is 2.28. The summed E-state index contributed by atoms with van der Waals surface area (Å²) in [5, 5.41) is 6.01. The third kappa shape index (κ3) is 3.40. The molecule has 1 aromatic rings. The van der Waals surface area contributed by atoms with E-state index in [2.05, 4.69) is 10.6 Å². The number of ether oxygens (including phenoxy) is 1. The topological polar surface area (TPSA) is 50.4 Å². The van der Waals surface area contributed by atoms with Crippen LogP contribution in [0.5, 0.6) is 5.75 Å². The van der Waals surface area contributed by atoms with E-state index in [0.717, 1.165) is 5.56 Å². The molecule has 5 heteroatoms. The number of hydrogen-bond acceptors (Lipinski definition) is 3. The smallest absolute Gasteiger partial charge is 0.257 e. The number of para-hydroxylation sites is 1. The first kappa shape index (κ1) is 12.8. The number of amides is 1. The molecule has 0 radical (unpaired) electrons. The minimum atomic E-state index is -0.185. The molecule has 4 nitrogen and oxygen atoms in total. The number of hydrogen-bond donors (Lipinski definition) is 2. The summed E-state index contributed by atoms with van der Waals surface area (Å²) < 4.78 is 5.39. The van der Waals surface area contributed by atoms with Crippen molar-refractivity contribution >= 4 is 17.5 Å². The van der Waals surface area contributed by atoms with E-state index in [1.807, 2.05) is 19.2 Å².